The first-order valence-corrected chi connectivity index (χ1v) is 12.9. The predicted molar refractivity (Wildman–Crippen MR) is 140 cm³/mol. The smallest absolute Gasteiger partial charge is 0.303 e. The van der Waals surface area contributed by atoms with Gasteiger partial charge in [0, 0.05) is 37.2 Å². The molecule has 0 amide bonds. The number of aliphatic carboxylic acids is 1. The number of benzene rings is 2. The minimum absolute atomic E-state index is 0.000932. The van der Waals surface area contributed by atoms with Crippen LogP contribution in [-0.4, -0.2) is 38.1 Å². The van der Waals surface area contributed by atoms with E-state index in [2.05, 4.69) is 5.16 Å². The van der Waals surface area contributed by atoms with Gasteiger partial charge in [0.05, 0.1) is 28.1 Å². The van der Waals surface area contributed by atoms with Crippen LogP contribution in [0.3, 0.4) is 0 Å². The molecule has 2 aliphatic rings. The first kappa shape index (κ1) is 26.6. The normalized spacial score (nSPS) is 22.9. The molecule has 204 valence electrons. The highest BCUT2D eigenvalue weighted by Crippen LogP contribution is 2.42. The SMILES string of the molecule is CC1(C2CC(F)=CC(F)C2)CC(c2ccc3c(=O)n(-c4ccc(F)cc4)c(CCCCC(=O)O)nc3c2)=NO1. The Balaban J connectivity index is 1.47. The summed E-state index contributed by atoms with van der Waals surface area (Å²) in [5.41, 5.74) is 0.956. The highest BCUT2D eigenvalue weighted by molar-refractivity contribution is 6.03. The summed E-state index contributed by atoms with van der Waals surface area (Å²) < 4.78 is 42.9. The van der Waals surface area contributed by atoms with Crippen molar-refractivity contribution in [2.24, 2.45) is 11.1 Å². The molecular weight excluding hydrogens is 511 g/mol. The Morgan fingerprint density at radius 3 is 2.67 bits per heavy atom. The van der Waals surface area contributed by atoms with Gasteiger partial charge in [0.15, 0.2) is 0 Å². The van der Waals surface area contributed by atoms with Gasteiger partial charge in [-0.05, 0) is 68.7 Å². The second kappa shape index (κ2) is 10.7. The highest BCUT2D eigenvalue weighted by atomic mass is 19.1. The highest BCUT2D eigenvalue weighted by Gasteiger charge is 2.45. The lowest BCUT2D eigenvalue weighted by molar-refractivity contribution is -0.137. The number of hydrogen-bond donors (Lipinski definition) is 1. The number of carboxylic acid groups (broad SMARTS) is 1. The molecular formula is C29H28F3N3O4. The molecule has 0 fully saturated rings. The van der Waals surface area contributed by atoms with E-state index < -0.39 is 29.4 Å². The van der Waals surface area contributed by atoms with Gasteiger partial charge in [0.25, 0.3) is 5.56 Å². The van der Waals surface area contributed by atoms with Gasteiger partial charge in [-0.2, -0.15) is 0 Å². The fourth-order valence-electron chi connectivity index (χ4n) is 5.31. The topological polar surface area (TPSA) is 93.8 Å². The number of fused-ring (bicyclic) bond motifs is 1. The molecule has 7 nitrogen and oxygen atoms in total. The quantitative estimate of drug-likeness (QED) is 0.365. The molecule has 10 heteroatoms. The first-order valence-electron chi connectivity index (χ1n) is 12.9. The van der Waals surface area contributed by atoms with Gasteiger partial charge in [0.2, 0.25) is 0 Å². The minimum atomic E-state index is -1.37. The Labute approximate surface area is 222 Å². The monoisotopic (exact) mass is 539 g/mol. The maximum atomic E-state index is 14.0. The zero-order valence-corrected chi connectivity index (χ0v) is 21.4. The number of aryl methyl sites for hydroxylation is 1. The summed E-state index contributed by atoms with van der Waals surface area (Å²) in [6.07, 6.45) is 1.47. The molecule has 2 aromatic carbocycles. The van der Waals surface area contributed by atoms with E-state index >= 15 is 0 Å². The third-order valence-corrected chi connectivity index (χ3v) is 7.46. The largest absolute Gasteiger partial charge is 0.481 e. The Morgan fingerprint density at radius 1 is 1.18 bits per heavy atom. The van der Waals surface area contributed by atoms with Crippen LogP contribution >= 0.6 is 0 Å². The summed E-state index contributed by atoms with van der Waals surface area (Å²) in [5.74, 6) is -1.77. The fraction of sp³-hybridized carbons (Fsp3) is 0.379. The van der Waals surface area contributed by atoms with Crippen molar-refractivity contribution in [3.05, 3.63) is 81.9 Å². The number of carbonyl (C=O) groups is 1. The van der Waals surface area contributed by atoms with Crippen LogP contribution in [0, 0.1) is 11.7 Å². The van der Waals surface area contributed by atoms with E-state index in [1.165, 1.54) is 28.8 Å². The van der Waals surface area contributed by atoms with Crippen LogP contribution in [0.15, 0.2) is 64.3 Å². The summed E-state index contributed by atoms with van der Waals surface area (Å²) in [6.45, 7) is 1.80. The number of nitrogens with zero attached hydrogens (tertiary/aromatic N) is 3. The lowest BCUT2D eigenvalue weighted by Crippen LogP contribution is -2.38. The van der Waals surface area contributed by atoms with Gasteiger partial charge in [0.1, 0.15) is 23.4 Å². The van der Waals surface area contributed by atoms with E-state index in [9.17, 15) is 22.8 Å². The van der Waals surface area contributed by atoms with E-state index in [0.29, 0.717) is 59.4 Å². The van der Waals surface area contributed by atoms with Crippen molar-refractivity contribution in [3.63, 3.8) is 0 Å². The molecule has 1 aliphatic carbocycles. The third kappa shape index (κ3) is 5.60. The molecule has 39 heavy (non-hydrogen) atoms. The molecule has 0 spiro atoms. The van der Waals surface area contributed by atoms with Gasteiger partial charge in [-0.15, -0.1) is 0 Å². The van der Waals surface area contributed by atoms with Gasteiger partial charge < -0.3 is 9.94 Å². The van der Waals surface area contributed by atoms with Gasteiger partial charge in [-0.25, -0.2) is 18.2 Å². The number of oxime groups is 1. The average Bonchev–Trinajstić information content (AvgIpc) is 3.30. The van der Waals surface area contributed by atoms with Crippen LogP contribution in [0.4, 0.5) is 13.2 Å². The second-order valence-corrected chi connectivity index (χ2v) is 10.4. The van der Waals surface area contributed by atoms with Crippen LogP contribution in [0.2, 0.25) is 0 Å². The summed E-state index contributed by atoms with van der Waals surface area (Å²) in [5, 5.41) is 13.6. The molecule has 0 saturated heterocycles. The Bertz CT molecular complexity index is 1530. The molecule has 3 atom stereocenters. The maximum Gasteiger partial charge on any atom is 0.303 e. The Hall–Kier alpha value is -3.95. The van der Waals surface area contributed by atoms with Crippen LogP contribution < -0.4 is 5.56 Å². The zero-order chi connectivity index (χ0) is 27.7. The number of unbranched alkanes of at least 4 members (excludes halogenated alkanes) is 1. The van der Waals surface area contributed by atoms with Crippen molar-refractivity contribution < 1.29 is 27.9 Å². The second-order valence-electron chi connectivity index (χ2n) is 10.4. The lowest BCUT2D eigenvalue weighted by Gasteiger charge is -2.34. The van der Waals surface area contributed by atoms with E-state index in [-0.39, 0.29) is 30.7 Å². The van der Waals surface area contributed by atoms with Crippen molar-refractivity contribution in [3.8, 4) is 5.69 Å². The van der Waals surface area contributed by atoms with E-state index in [1.807, 2.05) is 0 Å². The molecule has 5 rings (SSSR count). The predicted octanol–water partition coefficient (Wildman–Crippen LogP) is 5.81. The van der Waals surface area contributed by atoms with Crippen molar-refractivity contribution >= 4 is 22.6 Å². The number of aromatic nitrogens is 2. The number of alkyl halides is 1. The van der Waals surface area contributed by atoms with Crippen molar-refractivity contribution in [1.82, 2.24) is 9.55 Å². The average molecular weight is 540 g/mol. The van der Waals surface area contributed by atoms with Gasteiger partial charge >= 0.3 is 5.97 Å². The fourth-order valence-corrected chi connectivity index (χ4v) is 5.31. The number of halogens is 3. The molecule has 0 bridgehead atoms. The molecule has 3 aromatic rings. The summed E-state index contributed by atoms with van der Waals surface area (Å²) in [4.78, 5) is 35.0. The molecule has 1 aromatic heterocycles. The van der Waals surface area contributed by atoms with Crippen molar-refractivity contribution in [1.29, 1.82) is 0 Å². The molecule has 0 saturated carbocycles. The molecule has 3 unspecified atom stereocenters. The zero-order valence-electron chi connectivity index (χ0n) is 21.4. The summed E-state index contributed by atoms with van der Waals surface area (Å²) >= 11 is 0. The lowest BCUT2D eigenvalue weighted by atomic mass is 9.76. The van der Waals surface area contributed by atoms with Crippen molar-refractivity contribution in [2.75, 3.05) is 0 Å². The Kier molecular flexibility index (Phi) is 7.29. The number of carboxylic acids is 1. The van der Waals surface area contributed by atoms with E-state index in [1.54, 1.807) is 25.1 Å². The molecule has 1 N–H and O–H groups in total. The third-order valence-electron chi connectivity index (χ3n) is 7.46. The summed E-state index contributed by atoms with van der Waals surface area (Å²) in [7, 11) is 0. The summed E-state index contributed by atoms with van der Waals surface area (Å²) in [6, 6.07) is 10.6. The van der Waals surface area contributed by atoms with Crippen LogP contribution in [0.25, 0.3) is 16.6 Å². The standard InChI is InChI=1S/C29H28F3N3O4/c1-29(18-13-20(31)15-21(32)14-18)16-25(34-39-29)17-6-11-23-24(12-17)33-26(4-2-3-5-27(36)37)35(28(23)38)22-9-7-19(30)8-10-22/h6-12,15,18,20H,2-5,13-14,16H2,1H3,(H,36,37). The Morgan fingerprint density at radius 2 is 1.95 bits per heavy atom. The number of allylic oxidation sites excluding steroid dienone is 2. The molecule has 1 aliphatic heterocycles. The number of rotatable bonds is 8. The number of hydrogen-bond acceptors (Lipinski definition) is 5. The van der Waals surface area contributed by atoms with Crippen LogP contribution in [-0.2, 0) is 16.1 Å². The van der Waals surface area contributed by atoms with Crippen LogP contribution in [0.1, 0.15) is 56.8 Å². The first-order chi connectivity index (χ1) is 18.6. The van der Waals surface area contributed by atoms with Gasteiger partial charge in [-0.3, -0.25) is 14.2 Å². The molecule has 0 radical (unpaired) electrons. The van der Waals surface area contributed by atoms with Crippen molar-refractivity contribution in [2.45, 2.75) is 63.6 Å². The van der Waals surface area contributed by atoms with E-state index in [4.69, 9.17) is 14.9 Å². The molecule has 2 heterocycles. The maximum absolute atomic E-state index is 14.0. The van der Waals surface area contributed by atoms with Gasteiger partial charge in [-0.1, -0.05) is 11.2 Å². The minimum Gasteiger partial charge on any atom is -0.481 e. The van der Waals surface area contributed by atoms with E-state index in [0.717, 1.165) is 6.08 Å². The van der Waals surface area contributed by atoms with Crippen LogP contribution in [0.5, 0.6) is 0 Å².